The van der Waals surface area contributed by atoms with Gasteiger partial charge in [0.1, 0.15) is 11.3 Å². The predicted molar refractivity (Wildman–Crippen MR) is 135 cm³/mol. The summed E-state index contributed by atoms with van der Waals surface area (Å²) >= 11 is 0. The summed E-state index contributed by atoms with van der Waals surface area (Å²) in [6.45, 7) is 2.56. The highest BCUT2D eigenvalue weighted by molar-refractivity contribution is 7.89. The number of oxazole rings is 1. The van der Waals surface area contributed by atoms with E-state index in [2.05, 4.69) is 9.71 Å². The van der Waals surface area contributed by atoms with Crippen molar-refractivity contribution in [2.45, 2.75) is 30.9 Å². The van der Waals surface area contributed by atoms with Crippen LogP contribution in [0.5, 0.6) is 5.75 Å². The number of benzene rings is 3. The van der Waals surface area contributed by atoms with Crippen molar-refractivity contribution in [2.75, 3.05) is 18.0 Å². The first-order valence-corrected chi connectivity index (χ1v) is 12.9. The van der Waals surface area contributed by atoms with Crippen molar-refractivity contribution < 1.29 is 27.5 Å². The number of carbonyl (C=O) groups is 1. The minimum absolute atomic E-state index is 0.216. The Hall–Kier alpha value is -3.89. The molecule has 2 N–H and O–H groups in total. The number of rotatable bonds is 12. The zero-order valence-electron chi connectivity index (χ0n) is 19.7. The number of carboxylic acid groups (broad SMARTS) is 1. The number of anilines is 1. The van der Waals surface area contributed by atoms with Gasteiger partial charge >= 0.3 is 5.97 Å². The van der Waals surface area contributed by atoms with E-state index in [1.807, 2.05) is 35.2 Å². The van der Waals surface area contributed by atoms with Gasteiger partial charge < -0.3 is 19.2 Å². The molecule has 36 heavy (non-hydrogen) atoms. The van der Waals surface area contributed by atoms with Crippen molar-refractivity contribution in [3.05, 3.63) is 84.4 Å². The molecule has 0 radical (unpaired) electrons. The maximum absolute atomic E-state index is 12.5. The smallest absolute Gasteiger partial charge is 0.344 e. The summed E-state index contributed by atoms with van der Waals surface area (Å²) < 4.78 is 39.1. The van der Waals surface area contributed by atoms with Gasteiger partial charge in [-0.2, -0.15) is 4.98 Å². The second-order valence-corrected chi connectivity index (χ2v) is 9.96. The maximum Gasteiger partial charge on any atom is 0.344 e. The van der Waals surface area contributed by atoms with Gasteiger partial charge in [-0.1, -0.05) is 42.5 Å². The molecule has 1 aromatic heterocycles. The fourth-order valence-electron chi connectivity index (χ4n) is 3.59. The van der Waals surface area contributed by atoms with Gasteiger partial charge in [0.15, 0.2) is 11.7 Å². The van der Waals surface area contributed by atoms with Crippen LogP contribution in [0.3, 0.4) is 0 Å². The molecule has 188 valence electrons. The number of carboxylic acids is 1. The minimum atomic E-state index is -3.60. The number of aromatic nitrogens is 1. The fourth-order valence-corrected chi connectivity index (χ4v) is 4.68. The van der Waals surface area contributed by atoms with Crippen LogP contribution in [0.15, 0.2) is 88.2 Å². The van der Waals surface area contributed by atoms with Crippen LogP contribution in [0.4, 0.5) is 6.01 Å². The molecular formula is C26H27N3O6S. The third kappa shape index (κ3) is 6.41. The van der Waals surface area contributed by atoms with E-state index in [0.29, 0.717) is 36.9 Å². The van der Waals surface area contributed by atoms with Crippen LogP contribution in [-0.4, -0.2) is 43.7 Å². The second-order valence-electron chi connectivity index (χ2n) is 8.20. The van der Waals surface area contributed by atoms with E-state index in [1.54, 1.807) is 48.5 Å². The van der Waals surface area contributed by atoms with E-state index < -0.39 is 22.1 Å². The number of nitrogens with zero attached hydrogens (tertiary/aromatic N) is 2. The molecule has 1 unspecified atom stereocenters. The highest BCUT2D eigenvalue weighted by Gasteiger charge is 2.18. The third-order valence-corrected chi connectivity index (χ3v) is 6.91. The van der Waals surface area contributed by atoms with Gasteiger partial charge in [-0.25, -0.2) is 17.9 Å². The molecule has 0 fully saturated rings. The van der Waals surface area contributed by atoms with Crippen molar-refractivity contribution in [1.82, 2.24) is 9.71 Å². The summed E-state index contributed by atoms with van der Waals surface area (Å²) in [7, 11) is -3.60. The lowest BCUT2D eigenvalue weighted by Gasteiger charge is -2.21. The van der Waals surface area contributed by atoms with Gasteiger partial charge in [0, 0.05) is 19.6 Å². The lowest BCUT2D eigenvalue weighted by molar-refractivity contribution is -0.144. The van der Waals surface area contributed by atoms with E-state index in [1.165, 1.54) is 6.92 Å². The second kappa shape index (κ2) is 11.2. The zero-order valence-corrected chi connectivity index (χ0v) is 20.5. The van der Waals surface area contributed by atoms with E-state index in [9.17, 15) is 13.2 Å². The summed E-state index contributed by atoms with van der Waals surface area (Å²) in [6, 6.07) is 23.2. The van der Waals surface area contributed by atoms with E-state index >= 15 is 0 Å². The van der Waals surface area contributed by atoms with Gasteiger partial charge in [-0.3, -0.25) is 0 Å². The number of hydrogen-bond acceptors (Lipinski definition) is 7. The number of fused-ring (bicyclic) bond motifs is 1. The van der Waals surface area contributed by atoms with E-state index in [0.717, 1.165) is 11.1 Å². The van der Waals surface area contributed by atoms with Gasteiger partial charge in [0.2, 0.25) is 10.0 Å². The molecule has 0 spiro atoms. The van der Waals surface area contributed by atoms with Crippen LogP contribution in [0, 0.1) is 0 Å². The highest BCUT2D eigenvalue weighted by atomic mass is 32.2. The fraction of sp³-hybridized carbons (Fsp3) is 0.231. The largest absolute Gasteiger partial charge is 0.479 e. The summed E-state index contributed by atoms with van der Waals surface area (Å²) in [5, 5.41) is 9.12. The van der Waals surface area contributed by atoms with Crippen molar-refractivity contribution >= 4 is 33.1 Å². The summed E-state index contributed by atoms with van der Waals surface area (Å²) in [5.41, 5.74) is 2.22. The molecule has 4 aromatic rings. The monoisotopic (exact) mass is 509 g/mol. The molecule has 3 aromatic carbocycles. The normalized spacial score (nSPS) is 12.4. The highest BCUT2D eigenvalue weighted by Crippen LogP contribution is 2.24. The molecule has 0 saturated heterocycles. The van der Waals surface area contributed by atoms with Crippen molar-refractivity contribution in [2.24, 2.45) is 0 Å². The first-order valence-electron chi connectivity index (χ1n) is 11.5. The Kier molecular flexibility index (Phi) is 7.87. The Labute approximate surface area is 209 Å². The maximum atomic E-state index is 12.5. The zero-order chi connectivity index (χ0) is 25.5. The molecule has 0 bridgehead atoms. The van der Waals surface area contributed by atoms with Gasteiger partial charge in [0.25, 0.3) is 6.01 Å². The first-order chi connectivity index (χ1) is 17.3. The van der Waals surface area contributed by atoms with Crippen LogP contribution < -0.4 is 14.4 Å². The third-order valence-electron chi connectivity index (χ3n) is 5.44. The first kappa shape index (κ1) is 25.2. The van der Waals surface area contributed by atoms with Crippen LogP contribution in [0.2, 0.25) is 0 Å². The Bertz CT molecular complexity index is 1390. The van der Waals surface area contributed by atoms with Crippen LogP contribution in [-0.2, 0) is 21.4 Å². The Morgan fingerprint density at radius 1 is 1.08 bits per heavy atom. The van der Waals surface area contributed by atoms with Crippen molar-refractivity contribution in [3.8, 4) is 5.75 Å². The van der Waals surface area contributed by atoms with Gasteiger partial charge in [-0.05, 0) is 55.3 Å². The Morgan fingerprint density at radius 3 is 2.58 bits per heavy atom. The molecule has 4 rings (SSSR count). The summed E-state index contributed by atoms with van der Waals surface area (Å²) in [5.74, 6) is -0.609. The minimum Gasteiger partial charge on any atom is -0.479 e. The molecule has 10 heteroatoms. The molecule has 0 aliphatic rings. The van der Waals surface area contributed by atoms with Gasteiger partial charge in [0.05, 0.1) is 4.90 Å². The summed E-state index contributed by atoms with van der Waals surface area (Å²) in [6.07, 6.45) is -0.483. The van der Waals surface area contributed by atoms with Gasteiger partial charge in [-0.15, -0.1) is 0 Å². The van der Waals surface area contributed by atoms with Crippen molar-refractivity contribution in [3.63, 3.8) is 0 Å². The quantitative estimate of drug-likeness (QED) is 0.274. The molecule has 0 saturated carbocycles. The average molecular weight is 510 g/mol. The standard InChI is InChI=1S/C26H27N3O6S/c1-19(25(30)31)34-21-10-7-9-20(17-21)18-29(26-28-23-13-5-6-14-24(23)35-26)16-8-15-27-36(32,33)22-11-3-2-4-12-22/h2-7,9-14,17,19,27H,8,15-16,18H2,1H3,(H,30,31). The number of ether oxygens (including phenoxy) is 1. The number of hydrogen-bond donors (Lipinski definition) is 2. The number of sulfonamides is 1. The number of nitrogens with one attached hydrogen (secondary N) is 1. The number of para-hydroxylation sites is 2. The molecule has 1 atom stereocenters. The van der Waals surface area contributed by atoms with E-state index in [-0.39, 0.29) is 11.4 Å². The number of aliphatic carboxylic acids is 1. The van der Waals surface area contributed by atoms with Crippen LogP contribution >= 0.6 is 0 Å². The summed E-state index contributed by atoms with van der Waals surface area (Å²) in [4.78, 5) is 17.9. The molecule has 0 aliphatic heterocycles. The van der Waals surface area contributed by atoms with Crippen LogP contribution in [0.1, 0.15) is 18.9 Å². The molecule has 9 nitrogen and oxygen atoms in total. The van der Waals surface area contributed by atoms with Crippen molar-refractivity contribution in [1.29, 1.82) is 0 Å². The lowest BCUT2D eigenvalue weighted by atomic mass is 10.2. The lowest BCUT2D eigenvalue weighted by Crippen LogP contribution is -2.30. The predicted octanol–water partition coefficient (Wildman–Crippen LogP) is 4.05. The topological polar surface area (TPSA) is 122 Å². The molecular weight excluding hydrogens is 482 g/mol. The Morgan fingerprint density at radius 2 is 1.83 bits per heavy atom. The Balaban J connectivity index is 1.48. The van der Waals surface area contributed by atoms with Crippen LogP contribution in [0.25, 0.3) is 11.1 Å². The SMILES string of the molecule is CC(Oc1cccc(CN(CCCNS(=O)(=O)c2ccccc2)c2nc3ccccc3o2)c1)C(=O)O. The average Bonchev–Trinajstić information content (AvgIpc) is 3.31. The molecule has 1 heterocycles. The molecule has 0 aliphatic carbocycles. The molecule has 0 amide bonds. The van der Waals surface area contributed by atoms with E-state index in [4.69, 9.17) is 14.3 Å².